The highest BCUT2D eigenvalue weighted by molar-refractivity contribution is 5.76. The molecule has 1 heterocycles. The van der Waals surface area contributed by atoms with Gasteiger partial charge in [-0.05, 0) is 19.3 Å². The van der Waals surface area contributed by atoms with Gasteiger partial charge in [-0.15, -0.1) is 0 Å². The molecule has 1 spiro atoms. The van der Waals surface area contributed by atoms with Crippen molar-refractivity contribution in [1.29, 1.82) is 0 Å². The molecule has 2 N–H and O–H groups in total. The first-order valence-corrected chi connectivity index (χ1v) is 5.18. The third-order valence-corrected chi connectivity index (χ3v) is 3.60. The molecule has 2 fully saturated rings. The Labute approximate surface area is 78.5 Å². The maximum absolute atomic E-state index is 11.0. The van der Waals surface area contributed by atoms with Gasteiger partial charge in [-0.25, -0.2) is 0 Å². The van der Waals surface area contributed by atoms with Crippen LogP contribution in [0, 0.1) is 5.41 Å². The summed E-state index contributed by atoms with van der Waals surface area (Å²) in [6.07, 6.45) is 5.60. The monoisotopic (exact) mass is 183 g/mol. The van der Waals surface area contributed by atoms with Crippen molar-refractivity contribution >= 4 is 5.91 Å². The van der Waals surface area contributed by atoms with Crippen molar-refractivity contribution < 1.29 is 9.90 Å². The summed E-state index contributed by atoms with van der Waals surface area (Å²) in [5.41, 5.74) is 0.0200. The van der Waals surface area contributed by atoms with Crippen LogP contribution in [0.2, 0.25) is 0 Å². The second-order valence-electron chi connectivity index (χ2n) is 4.40. The third kappa shape index (κ3) is 1.57. The number of hydrogen-bond donors (Lipinski definition) is 2. The first-order valence-electron chi connectivity index (χ1n) is 5.18. The summed E-state index contributed by atoms with van der Waals surface area (Å²) in [7, 11) is 0. The molecule has 1 saturated carbocycles. The lowest BCUT2D eigenvalue weighted by Crippen LogP contribution is -2.51. The van der Waals surface area contributed by atoms with Crippen molar-refractivity contribution in [3.05, 3.63) is 0 Å². The molecule has 1 aliphatic heterocycles. The maximum Gasteiger partial charge on any atom is 0.220 e. The van der Waals surface area contributed by atoms with Gasteiger partial charge in [0.15, 0.2) is 0 Å². The molecule has 0 radical (unpaired) electrons. The minimum atomic E-state index is -0.193. The number of aliphatic hydroxyl groups is 1. The van der Waals surface area contributed by atoms with Gasteiger partial charge in [0.05, 0.1) is 6.10 Å². The van der Waals surface area contributed by atoms with Gasteiger partial charge in [0.25, 0.3) is 0 Å². The van der Waals surface area contributed by atoms with E-state index in [0.717, 1.165) is 25.7 Å². The summed E-state index contributed by atoms with van der Waals surface area (Å²) in [5, 5.41) is 12.8. The minimum Gasteiger partial charge on any atom is -0.392 e. The highest BCUT2D eigenvalue weighted by Gasteiger charge is 2.42. The Bertz CT molecular complexity index is 205. The number of nitrogens with one attached hydrogen (secondary N) is 1. The number of aliphatic hydroxyl groups excluding tert-OH is 1. The quantitative estimate of drug-likeness (QED) is 0.584. The molecule has 0 unspecified atom stereocenters. The first kappa shape index (κ1) is 9.00. The van der Waals surface area contributed by atoms with Gasteiger partial charge >= 0.3 is 0 Å². The minimum absolute atomic E-state index is 0.0200. The van der Waals surface area contributed by atoms with Gasteiger partial charge < -0.3 is 10.4 Å². The molecule has 74 valence electrons. The summed E-state index contributed by atoms with van der Waals surface area (Å²) in [6.45, 7) is 0.688. The number of carbonyl (C=O) groups is 1. The van der Waals surface area contributed by atoms with E-state index in [1.54, 1.807) is 0 Å². The zero-order valence-corrected chi connectivity index (χ0v) is 7.88. The molecular weight excluding hydrogens is 166 g/mol. The van der Waals surface area contributed by atoms with Crippen molar-refractivity contribution in [1.82, 2.24) is 5.32 Å². The number of hydrogen-bond acceptors (Lipinski definition) is 2. The smallest absolute Gasteiger partial charge is 0.220 e. The van der Waals surface area contributed by atoms with Crippen LogP contribution in [0.4, 0.5) is 0 Å². The maximum atomic E-state index is 11.0. The fourth-order valence-electron chi connectivity index (χ4n) is 2.60. The average molecular weight is 183 g/mol. The molecule has 1 aliphatic carbocycles. The summed E-state index contributed by atoms with van der Waals surface area (Å²) in [6, 6.07) is 0. The molecule has 3 heteroatoms. The first-order chi connectivity index (χ1) is 6.23. The lowest BCUT2D eigenvalue weighted by atomic mass is 9.67. The van der Waals surface area contributed by atoms with Crippen LogP contribution >= 0.6 is 0 Å². The third-order valence-electron chi connectivity index (χ3n) is 3.60. The van der Waals surface area contributed by atoms with Gasteiger partial charge in [0, 0.05) is 18.4 Å². The van der Waals surface area contributed by atoms with Crippen molar-refractivity contribution in [3.63, 3.8) is 0 Å². The second-order valence-corrected chi connectivity index (χ2v) is 4.40. The summed E-state index contributed by atoms with van der Waals surface area (Å²) in [5.74, 6) is 0.142. The standard InChI is InChI=1S/C10H17NO2/c12-8-3-1-2-5-10(8)6-4-9(13)11-7-10/h8,12H,1-7H2,(H,11,13)/t8-,10-/m1/s1. The van der Waals surface area contributed by atoms with E-state index >= 15 is 0 Å². The van der Waals surface area contributed by atoms with Gasteiger partial charge in [-0.2, -0.15) is 0 Å². The normalized spacial score (nSPS) is 40.4. The van der Waals surface area contributed by atoms with Crippen LogP contribution in [0.25, 0.3) is 0 Å². The Morgan fingerprint density at radius 1 is 1.38 bits per heavy atom. The Morgan fingerprint density at radius 3 is 2.85 bits per heavy atom. The van der Waals surface area contributed by atoms with Gasteiger partial charge in [-0.1, -0.05) is 12.8 Å². The molecule has 3 nitrogen and oxygen atoms in total. The SMILES string of the molecule is O=C1CC[C@]2(CCCC[C@H]2O)CN1. The van der Waals surface area contributed by atoms with E-state index in [-0.39, 0.29) is 17.4 Å². The van der Waals surface area contributed by atoms with Crippen LogP contribution in [0.3, 0.4) is 0 Å². The van der Waals surface area contributed by atoms with E-state index in [9.17, 15) is 9.90 Å². The van der Waals surface area contributed by atoms with Crippen LogP contribution in [0.1, 0.15) is 38.5 Å². The molecule has 13 heavy (non-hydrogen) atoms. The molecule has 2 atom stereocenters. The molecule has 0 bridgehead atoms. The second kappa shape index (κ2) is 3.29. The highest BCUT2D eigenvalue weighted by atomic mass is 16.3. The fourth-order valence-corrected chi connectivity index (χ4v) is 2.60. The van der Waals surface area contributed by atoms with E-state index in [1.165, 1.54) is 6.42 Å². The van der Waals surface area contributed by atoms with E-state index in [1.807, 2.05) is 0 Å². The largest absolute Gasteiger partial charge is 0.392 e. The van der Waals surface area contributed by atoms with Crippen LogP contribution in [0.15, 0.2) is 0 Å². The predicted molar refractivity (Wildman–Crippen MR) is 49.2 cm³/mol. The Kier molecular flexibility index (Phi) is 2.28. The van der Waals surface area contributed by atoms with E-state index in [0.29, 0.717) is 13.0 Å². The summed E-state index contributed by atoms with van der Waals surface area (Å²) < 4.78 is 0. The Hall–Kier alpha value is -0.570. The number of rotatable bonds is 0. The lowest BCUT2D eigenvalue weighted by Gasteiger charge is -2.44. The molecule has 0 aromatic carbocycles. The highest BCUT2D eigenvalue weighted by Crippen LogP contribution is 2.41. The summed E-state index contributed by atoms with van der Waals surface area (Å²) in [4.78, 5) is 11.0. The van der Waals surface area contributed by atoms with Crippen LogP contribution < -0.4 is 5.32 Å². The molecule has 0 aromatic heterocycles. The molecule has 2 aliphatic rings. The summed E-state index contributed by atoms with van der Waals surface area (Å²) >= 11 is 0. The average Bonchev–Trinajstić information content (AvgIpc) is 2.15. The number of piperidine rings is 1. The van der Waals surface area contributed by atoms with Gasteiger partial charge in [0.1, 0.15) is 0 Å². The van der Waals surface area contributed by atoms with E-state index in [2.05, 4.69) is 5.32 Å². The molecule has 2 rings (SSSR count). The van der Waals surface area contributed by atoms with Crippen LogP contribution in [-0.2, 0) is 4.79 Å². The fraction of sp³-hybridized carbons (Fsp3) is 0.900. The number of amides is 1. The molecule has 1 saturated heterocycles. The van der Waals surface area contributed by atoms with Crippen molar-refractivity contribution in [2.45, 2.75) is 44.6 Å². The van der Waals surface area contributed by atoms with Crippen molar-refractivity contribution in [2.24, 2.45) is 5.41 Å². The molecule has 1 amide bonds. The van der Waals surface area contributed by atoms with E-state index < -0.39 is 0 Å². The zero-order valence-electron chi connectivity index (χ0n) is 7.88. The van der Waals surface area contributed by atoms with Gasteiger partial charge in [-0.3, -0.25) is 4.79 Å². The Morgan fingerprint density at radius 2 is 2.23 bits per heavy atom. The van der Waals surface area contributed by atoms with Crippen molar-refractivity contribution in [3.8, 4) is 0 Å². The predicted octanol–water partition coefficient (Wildman–Crippen LogP) is 0.818. The van der Waals surface area contributed by atoms with Crippen LogP contribution in [0.5, 0.6) is 0 Å². The van der Waals surface area contributed by atoms with Crippen LogP contribution in [-0.4, -0.2) is 23.7 Å². The van der Waals surface area contributed by atoms with Gasteiger partial charge in [0.2, 0.25) is 5.91 Å². The molecule has 0 aromatic rings. The Balaban J connectivity index is 2.05. The lowest BCUT2D eigenvalue weighted by molar-refractivity contribution is -0.127. The topological polar surface area (TPSA) is 49.3 Å². The van der Waals surface area contributed by atoms with E-state index in [4.69, 9.17) is 0 Å². The number of carbonyl (C=O) groups excluding carboxylic acids is 1. The zero-order chi connectivity index (χ0) is 9.31. The van der Waals surface area contributed by atoms with Crippen molar-refractivity contribution in [2.75, 3.05) is 6.54 Å². The molecular formula is C10H17NO2.